The van der Waals surface area contributed by atoms with Crippen LogP contribution in [0.15, 0.2) is 6.20 Å². The summed E-state index contributed by atoms with van der Waals surface area (Å²) in [6, 6.07) is 0. The SMILES string of the molecule is OC1(c2cn[nH]n2)CCCC1. The molecule has 0 bridgehead atoms. The lowest BCUT2D eigenvalue weighted by atomic mass is 9.99. The second-order valence-electron chi connectivity index (χ2n) is 3.09. The van der Waals surface area contributed by atoms with Gasteiger partial charge in [-0.05, 0) is 12.8 Å². The van der Waals surface area contributed by atoms with E-state index in [1.165, 1.54) is 0 Å². The second-order valence-corrected chi connectivity index (χ2v) is 3.09. The fraction of sp³-hybridized carbons (Fsp3) is 0.714. The van der Waals surface area contributed by atoms with Crippen LogP contribution in [0.2, 0.25) is 0 Å². The molecule has 0 radical (unpaired) electrons. The van der Waals surface area contributed by atoms with E-state index in [4.69, 9.17) is 0 Å². The van der Waals surface area contributed by atoms with Gasteiger partial charge in [-0.3, -0.25) is 0 Å². The van der Waals surface area contributed by atoms with Crippen LogP contribution < -0.4 is 0 Å². The van der Waals surface area contributed by atoms with Crippen LogP contribution in [0.3, 0.4) is 0 Å². The average molecular weight is 153 g/mol. The summed E-state index contributed by atoms with van der Waals surface area (Å²) in [5.74, 6) is 0. The number of aliphatic hydroxyl groups is 1. The molecule has 1 fully saturated rings. The first-order chi connectivity index (χ1) is 5.31. The molecule has 1 heterocycles. The molecule has 60 valence electrons. The minimum atomic E-state index is -0.687. The zero-order chi connectivity index (χ0) is 7.73. The summed E-state index contributed by atoms with van der Waals surface area (Å²) in [7, 11) is 0. The van der Waals surface area contributed by atoms with Gasteiger partial charge in [0.25, 0.3) is 0 Å². The van der Waals surface area contributed by atoms with Crippen LogP contribution in [0.4, 0.5) is 0 Å². The lowest BCUT2D eigenvalue weighted by Crippen LogP contribution is -2.21. The maximum atomic E-state index is 9.93. The lowest BCUT2D eigenvalue weighted by Gasteiger charge is -2.17. The molecule has 0 saturated heterocycles. The van der Waals surface area contributed by atoms with Gasteiger partial charge in [0.05, 0.1) is 6.20 Å². The highest BCUT2D eigenvalue weighted by Crippen LogP contribution is 2.36. The quantitative estimate of drug-likeness (QED) is 0.620. The van der Waals surface area contributed by atoms with Crippen LogP contribution in [0.1, 0.15) is 31.4 Å². The molecule has 0 unspecified atom stereocenters. The highest BCUT2D eigenvalue weighted by Gasteiger charge is 2.35. The summed E-state index contributed by atoms with van der Waals surface area (Å²) < 4.78 is 0. The van der Waals surface area contributed by atoms with Crippen molar-refractivity contribution in [2.75, 3.05) is 0 Å². The maximum Gasteiger partial charge on any atom is 0.114 e. The van der Waals surface area contributed by atoms with Crippen LogP contribution in [-0.4, -0.2) is 20.5 Å². The number of rotatable bonds is 1. The predicted octanol–water partition coefficient (Wildman–Crippen LogP) is 0.566. The third kappa shape index (κ3) is 1.03. The van der Waals surface area contributed by atoms with Gasteiger partial charge in [0, 0.05) is 0 Å². The van der Waals surface area contributed by atoms with Crippen molar-refractivity contribution in [1.29, 1.82) is 0 Å². The van der Waals surface area contributed by atoms with E-state index in [2.05, 4.69) is 15.4 Å². The molecule has 0 amide bonds. The summed E-state index contributed by atoms with van der Waals surface area (Å²) in [4.78, 5) is 0. The van der Waals surface area contributed by atoms with Crippen molar-refractivity contribution in [2.24, 2.45) is 0 Å². The Morgan fingerprint density at radius 3 is 2.73 bits per heavy atom. The Morgan fingerprint density at radius 2 is 2.18 bits per heavy atom. The molecular weight excluding hydrogens is 142 g/mol. The second kappa shape index (κ2) is 2.30. The van der Waals surface area contributed by atoms with Gasteiger partial charge in [0.15, 0.2) is 0 Å². The first kappa shape index (κ1) is 6.79. The van der Waals surface area contributed by atoms with Gasteiger partial charge >= 0.3 is 0 Å². The van der Waals surface area contributed by atoms with Crippen LogP contribution in [0, 0.1) is 0 Å². The molecule has 0 atom stereocenters. The van der Waals surface area contributed by atoms with Crippen molar-refractivity contribution in [1.82, 2.24) is 15.4 Å². The molecule has 0 aliphatic heterocycles. The van der Waals surface area contributed by atoms with Gasteiger partial charge < -0.3 is 5.11 Å². The number of nitrogens with zero attached hydrogens (tertiary/aromatic N) is 2. The number of hydrogen-bond donors (Lipinski definition) is 2. The third-order valence-electron chi connectivity index (χ3n) is 2.32. The first-order valence-corrected chi connectivity index (χ1v) is 3.90. The smallest absolute Gasteiger partial charge is 0.114 e. The van der Waals surface area contributed by atoms with E-state index in [-0.39, 0.29) is 0 Å². The lowest BCUT2D eigenvalue weighted by molar-refractivity contribution is 0.0399. The Labute approximate surface area is 64.6 Å². The molecule has 1 aliphatic rings. The standard InChI is InChI=1S/C7H11N3O/c11-7(3-1-2-4-7)6-5-8-10-9-6/h5,11H,1-4H2,(H,8,9,10). The van der Waals surface area contributed by atoms with Crippen LogP contribution >= 0.6 is 0 Å². The summed E-state index contributed by atoms with van der Waals surface area (Å²) in [6.45, 7) is 0. The fourth-order valence-electron chi connectivity index (χ4n) is 1.64. The summed E-state index contributed by atoms with van der Waals surface area (Å²) in [5.41, 5.74) is 0.00231. The van der Waals surface area contributed by atoms with Gasteiger partial charge in [0.2, 0.25) is 0 Å². The zero-order valence-electron chi connectivity index (χ0n) is 6.25. The normalized spacial score (nSPS) is 22.3. The number of aromatic amines is 1. The maximum absolute atomic E-state index is 9.93. The Kier molecular flexibility index (Phi) is 1.42. The topological polar surface area (TPSA) is 61.8 Å². The molecule has 1 aliphatic carbocycles. The van der Waals surface area contributed by atoms with Crippen molar-refractivity contribution >= 4 is 0 Å². The summed E-state index contributed by atoms with van der Waals surface area (Å²) in [5, 5.41) is 20.0. The Balaban J connectivity index is 2.27. The molecule has 11 heavy (non-hydrogen) atoms. The summed E-state index contributed by atoms with van der Waals surface area (Å²) in [6.07, 6.45) is 5.41. The van der Waals surface area contributed by atoms with E-state index in [9.17, 15) is 5.11 Å². The van der Waals surface area contributed by atoms with Gasteiger partial charge in [0.1, 0.15) is 11.3 Å². The van der Waals surface area contributed by atoms with Crippen LogP contribution in [0.25, 0.3) is 0 Å². The predicted molar refractivity (Wildman–Crippen MR) is 38.7 cm³/mol. The molecule has 2 N–H and O–H groups in total. The van der Waals surface area contributed by atoms with Gasteiger partial charge in [-0.15, -0.1) is 0 Å². The van der Waals surface area contributed by atoms with E-state index in [0.717, 1.165) is 25.7 Å². The zero-order valence-corrected chi connectivity index (χ0v) is 6.25. The molecule has 0 spiro atoms. The van der Waals surface area contributed by atoms with Gasteiger partial charge in [-0.1, -0.05) is 12.8 Å². The highest BCUT2D eigenvalue weighted by molar-refractivity contribution is 5.07. The fourth-order valence-corrected chi connectivity index (χ4v) is 1.64. The number of hydrogen-bond acceptors (Lipinski definition) is 3. The Bertz CT molecular complexity index is 226. The molecule has 1 aromatic rings. The van der Waals surface area contributed by atoms with E-state index in [1.807, 2.05) is 0 Å². The van der Waals surface area contributed by atoms with Crippen LogP contribution in [0.5, 0.6) is 0 Å². The van der Waals surface area contributed by atoms with E-state index >= 15 is 0 Å². The molecule has 4 nitrogen and oxygen atoms in total. The first-order valence-electron chi connectivity index (χ1n) is 3.90. The average Bonchev–Trinajstić information content (AvgIpc) is 2.55. The number of aromatic nitrogens is 3. The van der Waals surface area contributed by atoms with E-state index in [0.29, 0.717) is 5.69 Å². The van der Waals surface area contributed by atoms with E-state index < -0.39 is 5.60 Å². The van der Waals surface area contributed by atoms with Gasteiger partial charge in [-0.2, -0.15) is 15.4 Å². The molecule has 1 saturated carbocycles. The molecule has 4 heteroatoms. The van der Waals surface area contributed by atoms with Crippen molar-refractivity contribution in [3.63, 3.8) is 0 Å². The largest absolute Gasteiger partial charge is 0.383 e. The van der Waals surface area contributed by atoms with Crippen molar-refractivity contribution in [3.05, 3.63) is 11.9 Å². The van der Waals surface area contributed by atoms with Gasteiger partial charge in [-0.25, -0.2) is 0 Å². The number of H-pyrrole nitrogens is 1. The van der Waals surface area contributed by atoms with E-state index in [1.54, 1.807) is 6.20 Å². The molecule has 1 aromatic heterocycles. The minimum absolute atomic E-state index is 0.687. The molecular formula is C7H11N3O. The third-order valence-corrected chi connectivity index (χ3v) is 2.32. The van der Waals surface area contributed by atoms with Crippen molar-refractivity contribution in [3.8, 4) is 0 Å². The Morgan fingerprint density at radius 1 is 1.45 bits per heavy atom. The Hall–Kier alpha value is -0.900. The van der Waals surface area contributed by atoms with Crippen molar-refractivity contribution in [2.45, 2.75) is 31.3 Å². The monoisotopic (exact) mass is 153 g/mol. The van der Waals surface area contributed by atoms with Crippen LogP contribution in [-0.2, 0) is 5.60 Å². The molecule has 2 rings (SSSR count). The minimum Gasteiger partial charge on any atom is -0.383 e. The highest BCUT2D eigenvalue weighted by atomic mass is 16.3. The molecule has 0 aromatic carbocycles. The summed E-state index contributed by atoms with van der Waals surface area (Å²) >= 11 is 0. The van der Waals surface area contributed by atoms with Crippen molar-refractivity contribution < 1.29 is 5.11 Å². The number of nitrogens with one attached hydrogen (secondary N) is 1.